The second-order valence-corrected chi connectivity index (χ2v) is 7.13. The topological polar surface area (TPSA) is 88.9 Å². The molecule has 1 N–H and O–H groups in total. The molecule has 0 radical (unpaired) electrons. The first-order chi connectivity index (χ1) is 14.1. The fourth-order valence-corrected chi connectivity index (χ4v) is 3.43. The zero-order valence-electron chi connectivity index (χ0n) is 16.3. The van der Waals surface area contributed by atoms with Crippen LogP contribution in [0.3, 0.4) is 0 Å². The maximum absolute atomic E-state index is 12.7. The summed E-state index contributed by atoms with van der Waals surface area (Å²) in [4.78, 5) is 30.9. The number of fused-ring (bicyclic) bond motifs is 1. The van der Waals surface area contributed by atoms with Gasteiger partial charge in [0.15, 0.2) is 16.6 Å². The molecule has 0 aliphatic carbocycles. The number of ether oxygens (including phenoxy) is 1. The molecular weight excluding hydrogens is 388 g/mol. The van der Waals surface area contributed by atoms with Crippen molar-refractivity contribution in [3.8, 4) is 5.75 Å². The van der Waals surface area contributed by atoms with Gasteiger partial charge >= 0.3 is 5.69 Å². The van der Waals surface area contributed by atoms with Crippen molar-refractivity contribution in [2.24, 2.45) is 0 Å². The average Bonchev–Trinajstić information content (AvgIpc) is 3.08. The minimum atomic E-state index is -0.228. The number of benzene rings is 1. The van der Waals surface area contributed by atoms with Crippen molar-refractivity contribution in [1.82, 2.24) is 24.5 Å². The number of thioether (sulfide) groups is 1. The highest BCUT2D eigenvalue weighted by Gasteiger charge is 2.19. The summed E-state index contributed by atoms with van der Waals surface area (Å²) in [5.74, 6) is 1.41. The molecule has 148 valence electrons. The Morgan fingerprint density at radius 3 is 2.52 bits per heavy atom. The minimum absolute atomic E-state index is 0.228. The molecule has 1 aromatic carbocycles. The minimum Gasteiger partial charge on any atom is -0.497 e. The number of aromatic amines is 1. The van der Waals surface area contributed by atoms with Crippen LogP contribution in [0.4, 0.5) is 11.5 Å². The van der Waals surface area contributed by atoms with E-state index in [0.717, 1.165) is 17.0 Å². The van der Waals surface area contributed by atoms with Crippen LogP contribution in [-0.4, -0.2) is 44.9 Å². The largest absolute Gasteiger partial charge is 0.497 e. The molecule has 0 fully saturated rings. The highest BCUT2D eigenvalue weighted by molar-refractivity contribution is 7.98. The van der Waals surface area contributed by atoms with Gasteiger partial charge in [-0.05, 0) is 48.2 Å². The van der Waals surface area contributed by atoms with E-state index in [-0.39, 0.29) is 5.69 Å². The summed E-state index contributed by atoms with van der Waals surface area (Å²) in [7, 11) is 3.54. The van der Waals surface area contributed by atoms with Crippen LogP contribution >= 0.6 is 11.8 Å². The Balaban J connectivity index is 1.83. The van der Waals surface area contributed by atoms with Gasteiger partial charge in [0.2, 0.25) is 0 Å². The van der Waals surface area contributed by atoms with Gasteiger partial charge in [-0.3, -0.25) is 9.55 Å². The van der Waals surface area contributed by atoms with E-state index in [1.807, 2.05) is 54.6 Å². The number of imidazole rings is 1. The monoisotopic (exact) mass is 408 g/mol. The molecule has 8 nitrogen and oxygen atoms in total. The summed E-state index contributed by atoms with van der Waals surface area (Å²) in [6.07, 6.45) is 5.33. The Hall–Kier alpha value is -3.33. The lowest BCUT2D eigenvalue weighted by Crippen LogP contribution is -2.17. The Morgan fingerprint density at radius 2 is 1.86 bits per heavy atom. The Morgan fingerprint density at radius 1 is 1.14 bits per heavy atom. The average molecular weight is 408 g/mol. The number of aromatic nitrogens is 5. The normalized spacial score (nSPS) is 11.0. The number of rotatable bonds is 6. The van der Waals surface area contributed by atoms with E-state index in [4.69, 9.17) is 4.74 Å². The number of anilines is 2. The standard InChI is InChI=1S/C20H20N6O2S/c1-25(14-4-6-15(28-2)7-5-14)17-16-18(24-19(23-17)29-3)26(20(27)22-16)12-13-8-10-21-11-9-13/h4-11H,12H2,1-3H3,(H,22,27). The van der Waals surface area contributed by atoms with Crippen LogP contribution in [-0.2, 0) is 6.54 Å². The summed E-state index contributed by atoms with van der Waals surface area (Å²) in [5, 5.41) is 0.593. The number of nitrogens with zero attached hydrogens (tertiary/aromatic N) is 5. The zero-order valence-corrected chi connectivity index (χ0v) is 17.1. The third-order valence-corrected chi connectivity index (χ3v) is 5.18. The van der Waals surface area contributed by atoms with Crippen LogP contribution in [0.2, 0.25) is 0 Å². The highest BCUT2D eigenvalue weighted by atomic mass is 32.2. The van der Waals surface area contributed by atoms with Gasteiger partial charge in [-0.2, -0.15) is 0 Å². The Kier molecular flexibility index (Phi) is 5.22. The van der Waals surface area contributed by atoms with Gasteiger partial charge in [0.25, 0.3) is 0 Å². The molecular formula is C20H20N6O2S. The van der Waals surface area contributed by atoms with Crippen molar-refractivity contribution in [2.75, 3.05) is 25.3 Å². The fourth-order valence-electron chi connectivity index (χ4n) is 3.08. The second kappa shape index (κ2) is 7.96. The lowest BCUT2D eigenvalue weighted by atomic mass is 10.2. The molecule has 0 unspecified atom stereocenters. The molecule has 0 atom stereocenters. The van der Waals surface area contributed by atoms with E-state index in [1.165, 1.54) is 11.8 Å². The predicted octanol–water partition coefficient (Wildman–Crippen LogP) is 3.06. The molecule has 0 spiro atoms. The number of methoxy groups -OCH3 is 1. The van der Waals surface area contributed by atoms with Gasteiger partial charge in [-0.25, -0.2) is 14.8 Å². The zero-order chi connectivity index (χ0) is 20.4. The third kappa shape index (κ3) is 3.68. The molecule has 3 aromatic heterocycles. The lowest BCUT2D eigenvalue weighted by molar-refractivity contribution is 0.415. The molecule has 0 bridgehead atoms. The van der Waals surface area contributed by atoms with Crippen LogP contribution in [0.5, 0.6) is 5.75 Å². The van der Waals surface area contributed by atoms with Crippen molar-refractivity contribution < 1.29 is 4.74 Å². The molecule has 0 saturated heterocycles. The SMILES string of the molecule is COc1ccc(N(C)c2nc(SC)nc3c2[nH]c(=O)n3Cc2ccncc2)cc1. The van der Waals surface area contributed by atoms with E-state index >= 15 is 0 Å². The maximum atomic E-state index is 12.7. The van der Waals surface area contributed by atoms with E-state index < -0.39 is 0 Å². The molecule has 4 rings (SSSR count). The molecule has 0 amide bonds. The summed E-state index contributed by atoms with van der Waals surface area (Å²) < 4.78 is 6.86. The summed E-state index contributed by atoms with van der Waals surface area (Å²) in [5.41, 5.74) is 2.83. The maximum Gasteiger partial charge on any atom is 0.328 e. The summed E-state index contributed by atoms with van der Waals surface area (Å²) in [6, 6.07) is 11.4. The van der Waals surface area contributed by atoms with E-state index in [2.05, 4.69) is 19.9 Å². The van der Waals surface area contributed by atoms with Crippen LogP contribution in [0.15, 0.2) is 58.7 Å². The van der Waals surface area contributed by atoms with Gasteiger partial charge < -0.3 is 14.6 Å². The summed E-state index contributed by atoms with van der Waals surface area (Å²) >= 11 is 1.43. The van der Waals surface area contributed by atoms with Crippen LogP contribution in [0.25, 0.3) is 11.2 Å². The number of pyridine rings is 1. The molecule has 9 heteroatoms. The number of hydrogen-bond donors (Lipinski definition) is 1. The van der Waals surface area contributed by atoms with Gasteiger partial charge in [-0.15, -0.1) is 0 Å². The molecule has 0 aliphatic heterocycles. The first kappa shape index (κ1) is 19.0. The van der Waals surface area contributed by atoms with Crippen molar-refractivity contribution >= 4 is 34.4 Å². The second-order valence-electron chi connectivity index (χ2n) is 6.36. The van der Waals surface area contributed by atoms with E-state index in [1.54, 1.807) is 24.1 Å². The van der Waals surface area contributed by atoms with Crippen molar-refractivity contribution in [3.63, 3.8) is 0 Å². The van der Waals surface area contributed by atoms with Crippen LogP contribution in [0, 0.1) is 0 Å². The van der Waals surface area contributed by atoms with Crippen molar-refractivity contribution in [3.05, 3.63) is 64.8 Å². The number of nitrogens with one attached hydrogen (secondary N) is 1. The van der Waals surface area contributed by atoms with Gasteiger partial charge in [-0.1, -0.05) is 11.8 Å². The summed E-state index contributed by atoms with van der Waals surface area (Å²) in [6.45, 7) is 0.401. The van der Waals surface area contributed by atoms with Gasteiger partial charge in [0.05, 0.1) is 13.7 Å². The first-order valence-corrected chi connectivity index (χ1v) is 10.1. The fraction of sp³-hybridized carbons (Fsp3) is 0.200. The van der Waals surface area contributed by atoms with E-state index in [9.17, 15) is 4.79 Å². The quantitative estimate of drug-likeness (QED) is 0.387. The molecule has 0 saturated carbocycles. The van der Waals surface area contributed by atoms with Gasteiger partial charge in [0.1, 0.15) is 11.3 Å². The van der Waals surface area contributed by atoms with Crippen LogP contribution < -0.4 is 15.3 Å². The molecule has 0 aliphatic rings. The smallest absolute Gasteiger partial charge is 0.328 e. The third-order valence-electron chi connectivity index (χ3n) is 4.63. The Labute approximate surface area is 171 Å². The van der Waals surface area contributed by atoms with E-state index in [0.29, 0.717) is 28.7 Å². The predicted molar refractivity (Wildman–Crippen MR) is 114 cm³/mol. The van der Waals surface area contributed by atoms with Crippen molar-refractivity contribution in [2.45, 2.75) is 11.7 Å². The highest BCUT2D eigenvalue weighted by Crippen LogP contribution is 2.30. The molecule has 29 heavy (non-hydrogen) atoms. The molecule has 3 heterocycles. The van der Waals surface area contributed by atoms with Crippen molar-refractivity contribution in [1.29, 1.82) is 0 Å². The lowest BCUT2D eigenvalue weighted by Gasteiger charge is -2.19. The first-order valence-electron chi connectivity index (χ1n) is 8.92. The Bertz CT molecular complexity index is 1190. The van der Waals surface area contributed by atoms with Crippen LogP contribution in [0.1, 0.15) is 5.56 Å². The number of hydrogen-bond acceptors (Lipinski definition) is 7. The van der Waals surface area contributed by atoms with Gasteiger partial charge in [0, 0.05) is 25.1 Å². The number of H-pyrrole nitrogens is 1. The molecule has 4 aromatic rings.